The van der Waals surface area contributed by atoms with Crippen molar-refractivity contribution in [3.8, 4) is 0 Å². The molecule has 0 amide bonds. The second-order valence-electron chi connectivity index (χ2n) is 5.24. The van der Waals surface area contributed by atoms with Crippen LogP contribution < -0.4 is 0 Å². The molecule has 2 heteroatoms. The van der Waals surface area contributed by atoms with Crippen LogP contribution in [-0.4, -0.2) is 5.11 Å². The second kappa shape index (κ2) is 4.84. The van der Waals surface area contributed by atoms with E-state index in [1.807, 2.05) is 6.07 Å². The van der Waals surface area contributed by atoms with Crippen molar-refractivity contribution in [3.05, 3.63) is 24.2 Å². The van der Waals surface area contributed by atoms with Gasteiger partial charge in [-0.15, -0.1) is 0 Å². The third-order valence-electron chi connectivity index (χ3n) is 2.55. The number of hydrogen-bond acceptors (Lipinski definition) is 2. The van der Waals surface area contributed by atoms with Gasteiger partial charge in [-0.2, -0.15) is 0 Å². The van der Waals surface area contributed by atoms with Crippen LogP contribution in [0.25, 0.3) is 0 Å². The highest BCUT2D eigenvalue weighted by Gasteiger charge is 2.31. The summed E-state index contributed by atoms with van der Waals surface area (Å²) in [4.78, 5) is 0. The van der Waals surface area contributed by atoms with Crippen molar-refractivity contribution in [1.29, 1.82) is 0 Å². The van der Waals surface area contributed by atoms with E-state index < -0.39 is 5.60 Å². The van der Waals surface area contributed by atoms with Gasteiger partial charge in [-0.1, -0.05) is 27.7 Å². The van der Waals surface area contributed by atoms with Crippen molar-refractivity contribution in [2.45, 2.75) is 46.1 Å². The van der Waals surface area contributed by atoms with Crippen molar-refractivity contribution in [2.24, 2.45) is 11.8 Å². The Morgan fingerprint density at radius 3 is 2.07 bits per heavy atom. The van der Waals surface area contributed by atoms with E-state index in [0.29, 0.717) is 11.8 Å². The minimum Gasteiger partial charge on any atom is -0.472 e. The predicted molar refractivity (Wildman–Crippen MR) is 61.5 cm³/mol. The molecule has 1 aromatic heterocycles. The zero-order valence-electron chi connectivity index (χ0n) is 10.2. The lowest BCUT2D eigenvalue weighted by molar-refractivity contribution is -0.00496. The average Bonchev–Trinajstić information content (AvgIpc) is 2.51. The Morgan fingerprint density at radius 2 is 1.73 bits per heavy atom. The summed E-state index contributed by atoms with van der Waals surface area (Å²) in [7, 11) is 0. The number of hydrogen-bond donors (Lipinski definition) is 1. The van der Waals surface area contributed by atoms with Crippen LogP contribution in [0.5, 0.6) is 0 Å². The molecule has 0 aliphatic carbocycles. The second-order valence-corrected chi connectivity index (χ2v) is 5.24. The van der Waals surface area contributed by atoms with Gasteiger partial charge in [0.25, 0.3) is 0 Å². The van der Waals surface area contributed by atoms with E-state index in [-0.39, 0.29) is 0 Å². The van der Waals surface area contributed by atoms with E-state index in [1.54, 1.807) is 12.5 Å². The van der Waals surface area contributed by atoms with Gasteiger partial charge < -0.3 is 9.52 Å². The third kappa shape index (κ3) is 3.38. The monoisotopic (exact) mass is 210 g/mol. The lowest BCUT2D eigenvalue weighted by Gasteiger charge is -2.30. The van der Waals surface area contributed by atoms with E-state index in [0.717, 1.165) is 18.4 Å². The molecular weight excluding hydrogens is 188 g/mol. The molecular formula is C13H22O2. The van der Waals surface area contributed by atoms with Crippen LogP contribution in [0.15, 0.2) is 23.0 Å². The van der Waals surface area contributed by atoms with Crippen molar-refractivity contribution in [2.75, 3.05) is 0 Å². The van der Waals surface area contributed by atoms with Crippen LogP contribution in [-0.2, 0) is 5.60 Å². The molecule has 86 valence electrons. The first kappa shape index (κ1) is 12.3. The molecule has 0 fully saturated rings. The van der Waals surface area contributed by atoms with Gasteiger partial charge in [-0.3, -0.25) is 0 Å². The Balaban J connectivity index is 2.85. The fourth-order valence-electron chi connectivity index (χ4n) is 2.20. The van der Waals surface area contributed by atoms with Gasteiger partial charge >= 0.3 is 0 Å². The maximum Gasteiger partial charge on any atom is 0.0963 e. The molecule has 1 N–H and O–H groups in total. The van der Waals surface area contributed by atoms with Gasteiger partial charge in [0, 0.05) is 5.56 Å². The van der Waals surface area contributed by atoms with Crippen LogP contribution in [0.1, 0.15) is 46.1 Å². The zero-order valence-corrected chi connectivity index (χ0v) is 10.2. The Morgan fingerprint density at radius 1 is 1.20 bits per heavy atom. The molecule has 1 heterocycles. The lowest BCUT2D eigenvalue weighted by Crippen LogP contribution is -2.29. The van der Waals surface area contributed by atoms with E-state index in [4.69, 9.17) is 4.42 Å². The molecule has 0 bridgehead atoms. The minimum atomic E-state index is -0.727. The van der Waals surface area contributed by atoms with Crippen LogP contribution in [0.2, 0.25) is 0 Å². The number of rotatable bonds is 5. The molecule has 0 saturated carbocycles. The topological polar surface area (TPSA) is 33.4 Å². The Hall–Kier alpha value is -0.760. The van der Waals surface area contributed by atoms with Crippen LogP contribution in [0.3, 0.4) is 0 Å². The third-order valence-corrected chi connectivity index (χ3v) is 2.55. The van der Waals surface area contributed by atoms with Gasteiger partial charge in [0.2, 0.25) is 0 Å². The van der Waals surface area contributed by atoms with Gasteiger partial charge in [-0.05, 0) is 30.7 Å². The summed E-state index contributed by atoms with van der Waals surface area (Å²) in [6.07, 6.45) is 4.85. The van der Waals surface area contributed by atoms with E-state index in [2.05, 4.69) is 27.7 Å². The van der Waals surface area contributed by atoms with Gasteiger partial charge in [0.1, 0.15) is 0 Å². The van der Waals surface area contributed by atoms with E-state index in [9.17, 15) is 5.11 Å². The van der Waals surface area contributed by atoms with E-state index >= 15 is 0 Å². The molecule has 0 aliphatic rings. The zero-order chi connectivity index (χ0) is 11.5. The molecule has 1 rings (SSSR count). The van der Waals surface area contributed by atoms with Gasteiger partial charge in [0.15, 0.2) is 0 Å². The van der Waals surface area contributed by atoms with Crippen LogP contribution >= 0.6 is 0 Å². The highest BCUT2D eigenvalue weighted by atomic mass is 16.3. The van der Waals surface area contributed by atoms with Gasteiger partial charge in [-0.25, -0.2) is 0 Å². The first-order valence-corrected chi connectivity index (χ1v) is 5.69. The highest BCUT2D eigenvalue weighted by Crippen LogP contribution is 2.34. The van der Waals surface area contributed by atoms with Crippen molar-refractivity contribution in [3.63, 3.8) is 0 Å². The molecule has 0 atom stereocenters. The summed E-state index contributed by atoms with van der Waals surface area (Å²) in [5.74, 6) is 0.951. The normalized spacial score (nSPS) is 12.7. The number of furan rings is 1. The van der Waals surface area contributed by atoms with Crippen molar-refractivity contribution >= 4 is 0 Å². The smallest absolute Gasteiger partial charge is 0.0963 e. The molecule has 0 radical (unpaired) electrons. The lowest BCUT2D eigenvalue weighted by atomic mass is 9.81. The SMILES string of the molecule is CC(C)CC(O)(CC(C)C)c1ccoc1. The first-order chi connectivity index (χ1) is 6.94. The van der Waals surface area contributed by atoms with Gasteiger partial charge in [0.05, 0.1) is 18.1 Å². The molecule has 0 unspecified atom stereocenters. The summed E-state index contributed by atoms with van der Waals surface area (Å²) >= 11 is 0. The average molecular weight is 210 g/mol. The Bertz CT molecular complexity index is 263. The summed E-state index contributed by atoms with van der Waals surface area (Å²) in [6.45, 7) is 8.52. The maximum absolute atomic E-state index is 10.7. The number of aliphatic hydroxyl groups is 1. The predicted octanol–water partition coefficient (Wildman–Crippen LogP) is 3.56. The largest absolute Gasteiger partial charge is 0.472 e. The minimum absolute atomic E-state index is 0.476. The summed E-state index contributed by atoms with van der Waals surface area (Å²) in [6, 6.07) is 1.87. The van der Waals surface area contributed by atoms with Crippen molar-refractivity contribution in [1.82, 2.24) is 0 Å². The fraction of sp³-hybridized carbons (Fsp3) is 0.692. The Labute approximate surface area is 92.3 Å². The first-order valence-electron chi connectivity index (χ1n) is 5.69. The molecule has 2 nitrogen and oxygen atoms in total. The Kier molecular flexibility index (Phi) is 3.97. The molecule has 0 aromatic carbocycles. The summed E-state index contributed by atoms with van der Waals surface area (Å²) in [5.41, 5.74) is 0.180. The highest BCUT2D eigenvalue weighted by molar-refractivity contribution is 5.16. The van der Waals surface area contributed by atoms with Crippen LogP contribution in [0, 0.1) is 11.8 Å². The standard InChI is InChI=1S/C13H22O2/c1-10(2)7-13(14,8-11(3)4)12-5-6-15-9-12/h5-6,9-11,14H,7-8H2,1-4H3. The summed E-state index contributed by atoms with van der Waals surface area (Å²) in [5, 5.41) is 10.7. The summed E-state index contributed by atoms with van der Waals surface area (Å²) < 4.78 is 5.06. The molecule has 0 saturated heterocycles. The maximum atomic E-state index is 10.7. The van der Waals surface area contributed by atoms with Crippen LogP contribution in [0.4, 0.5) is 0 Å². The van der Waals surface area contributed by atoms with E-state index in [1.165, 1.54) is 0 Å². The molecule has 0 aliphatic heterocycles. The quantitative estimate of drug-likeness (QED) is 0.806. The molecule has 15 heavy (non-hydrogen) atoms. The molecule has 1 aromatic rings. The molecule has 0 spiro atoms. The fourth-order valence-corrected chi connectivity index (χ4v) is 2.20. The van der Waals surface area contributed by atoms with Crippen molar-refractivity contribution < 1.29 is 9.52 Å².